The van der Waals surface area contributed by atoms with Crippen molar-refractivity contribution in [2.24, 2.45) is 5.92 Å². The molecule has 1 aromatic heterocycles. The van der Waals surface area contributed by atoms with Gasteiger partial charge >= 0.3 is 0 Å². The van der Waals surface area contributed by atoms with Crippen LogP contribution in [0, 0.1) is 5.92 Å². The van der Waals surface area contributed by atoms with E-state index in [2.05, 4.69) is 31.0 Å². The SMILES string of the molecule is CC(C)Cc1nc2c(s1)CCC=C2. The van der Waals surface area contributed by atoms with Crippen molar-refractivity contribution < 1.29 is 0 Å². The molecule has 0 saturated carbocycles. The lowest BCUT2D eigenvalue weighted by atomic mass is 10.1. The molecule has 0 spiro atoms. The van der Waals surface area contributed by atoms with E-state index >= 15 is 0 Å². The van der Waals surface area contributed by atoms with Crippen molar-refractivity contribution in [2.75, 3.05) is 0 Å². The van der Waals surface area contributed by atoms with Crippen molar-refractivity contribution in [2.45, 2.75) is 33.1 Å². The molecule has 0 bridgehead atoms. The molecule has 1 heterocycles. The molecule has 0 fully saturated rings. The maximum atomic E-state index is 4.62. The molecule has 0 unspecified atom stereocenters. The Morgan fingerprint density at radius 2 is 2.38 bits per heavy atom. The van der Waals surface area contributed by atoms with Gasteiger partial charge in [-0.2, -0.15) is 0 Å². The molecule has 0 aliphatic heterocycles. The van der Waals surface area contributed by atoms with E-state index in [4.69, 9.17) is 0 Å². The summed E-state index contributed by atoms with van der Waals surface area (Å²) < 4.78 is 0. The molecule has 1 nitrogen and oxygen atoms in total. The summed E-state index contributed by atoms with van der Waals surface area (Å²) in [7, 11) is 0. The van der Waals surface area contributed by atoms with Crippen LogP contribution in [0.3, 0.4) is 0 Å². The maximum Gasteiger partial charge on any atom is 0.0937 e. The minimum Gasteiger partial charge on any atom is -0.242 e. The van der Waals surface area contributed by atoms with Crippen LogP contribution in [0.4, 0.5) is 0 Å². The Kier molecular flexibility index (Phi) is 2.49. The predicted octanol–water partition coefficient (Wildman–Crippen LogP) is 3.30. The normalized spacial score (nSPS) is 15.0. The lowest BCUT2D eigenvalue weighted by Crippen LogP contribution is -1.93. The molecule has 70 valence electrons. The van der Waals surface area contributed by atoms with Crippen molar-refractivity contribution in [1.29, 1.82) is 0 Å². The summed E-state index contributed by atoms with van der Waals surface area (Å²) in [5.74, 6) is 0.719. The summed E-state index contributed by atoms with van der Waals surface area (Å²) in [5.41, 5.74) is 1.23. The van der Waals surface area contributed by atoms with Crippen LogP contribution in [-0.4, -0.2) is 4.98 Å². The first-order valence-corrected chi connectivity index (χ1v) is 5.72. The highest BCUT2D eigenvalue weighted by molar-refractivity contribution is 7.11. The van der Waals surface area contributed by atoms with Gasteiger partial charge in [-0.25, -0.2) is 4.98 Å². The molecule has 2 rings (SSSR count). The number of fused-ring (bicyclic) bond motifs is 1. The molecule has 0 N–H and O–H groups in total. The molecule has 1 aliphatic rings. The average Bonchev–Trinajstić information content (AvgIpc) is 2.44. The summed E-state index contributed by atoms with van der Waals surface area (Å²) >= 11 is 1.90. The fourth-order valence-corrected chi connectivity index (χ4v) is 2.85. The summed E-state index contributed by atoms with van der Waals surface area (Å²) in [4.78, 5) is 6.11. The number of hydrogen-bond acceptors (Lipinski definition) is 2. The number of thiazole rings is 1. The van der Waals surface area contributed by atoms with Gasteiger partial charge in [0.15, 0.2) is 0 Å². The fraction of sp³-hybridized carbons (Fsp3) is 0.545. The van der Waals surface area contributed by atoms with Crippen LogP contribution < -0.4 is 0 Å². The number of aromatic nitrogens is 1. The molecule has 0 aromatic carbocycles. The van der Waals surface area contributed by atoms with Crippen LogP contribution in [0.1, 0.15) is 35.8 Å². The van der Waals surface area contributed by atoms with E-state index in [9.17, 15) is 0 Å². The number of aryl methyl sites for hydroxylation is 1. The third-order valence-electron chi connectivity index (χ3n) is 2.17. The molecule has 0 amide bonds. The second-order valence-corrected chi connectivity index (χ2v) is 5.12. The van der Waals surface area contributed by atoms with Gasteiger partial charge in [-0.15, -0.1) is 11.3 Å². The molecule has 0 atom stereocenters. The Balaban J connectivity index is 2.21. The van der Waals surface area contributed by atoms with Crippen molar-refractivity contribution >= 4 is 17.4 Å². The minimum absolute atomic E-state index is 0.719. The molecule has 0 saturated heterocycles. The first kappa shape index (κ1) is 8.95. The van der Waals surface area contributed by atoms with E-state index in [1.165, 1.54) is 28.4 Å². The van der Waals surface area contributed by atoms with E-state index in [-0.39, 0.29) is 0 Å². The zero-order valence-corrected chi connectivity index (χ0v) is 9.03. The number of nitrogens with zero attached hydrogens (tertiary/aromatic N) is 1. The quantitative estimate of drug-likeness (QED) is 0.702. The summed E-state index contributed by atoms with van der Waals surface area (Å²) in [6.45, 7) is 4.49. The summed E-state index contributed by atoms with van der Waals surface area (Å²) in [6, 6.07) is 0. The van der Waals surface area contributed by atoms with Gasteiger partial charge < -0.3 is 0 Å². The highest BCUT2D eigenvalue weighted by Crippen LogP contribution is 2.26. The van der Waals surface area contributed by atoms with Gasteiger partial charge in [-0.05, 0) is 24.8 Å². The molecule has 1 aliphatic carbocycles. The second-order valence-electron chi connectivity index (χ2n) is 3.96. The van der Waals surface area contributed by atoms with E-state index in [0.29, 0.717) is 0 Å². The van der Waals surface area contributed by atoms with Crippen LogP contribution in [0.25, 0.3) is 6.08 Å². The Bertz CT molecular complexity index is 323. The Labute approximate surface area is 83.5 Å². The lowest BCUT2D eigenvalue weighted by Gasteiger charge is -1.99. The Morgan fingerprint density at radius 1 is 1.54 bits per heavy atom. The third-order valence-corrected chi connectivity index (χ3v) is 3.32. The smallest absolute Gasteiger partial charge is 0.0937 e. The van der Waals surface area contributed by atoms with E-state index in [1.54, 1.807) is 0 Å². The first-order valence-electron chi connectivity index (χ1n) is 4.91. The average molecular weight is 193 g/mol. The van der Waals surface area contributed by atoms with E-state index in [1.807, 2.05) is 11.3 Å². The largest absolute Gasteiger partial charge is 0.242 e. The van der Waals surface area contributed by atoms with Crippen LogP contribution in [0.15, 0.2) is 6.08 Å². The van der Waals surface area contributed by atoms with Gasteiger partial charge in [-0.1, -0.05) is 19.9 Å². The third kappa shape index (κ3) is 1.99. The summed E-state index contributed by atoms with van der Waals surface area (Å²) in [5, 5.41) is 1.31. The molecular formula is C11H15NS. The van der Waals surface area contributed by atoms with Crippen molar-refractivity contribution in [3.63, 3.8) is 0 Å². The fourth-order valence-electron chi connectivity index (χ4n) is 1.57. The first-order chi connectivity index (χ1) is 6.25. The number of rotatable bonds is 2. The van der Waals surface area contributed by atoms with Gasteiger partial charge in [0.05, 0.1) is 10.7 Å². The van der Waals surface area contributed by atoms with Crippen LogP contribution in [0.5, 0.6) is 0 Å². The van der Waals surface area contributed by atoms with Gasteiger partial charge in [0.25, 0.3) is 0 Å². The number of hydrogen-bond donors (Lipinski definition) is 0. The van der Waals surface area contributed by atoms with Gasteiger partial charge in [0, 0.05) is 11.3 Å². The monoisotopic (exact) mass is 193 g/mol. The molecule has 0 radical (unpaired) electrons. The highest BCUT2D eigenvalue weighted by atomic mass is 32.1. The van der Waals surface area contributed by atoms with Gasteiger partial charge in [0.1, 0.15) is 0 Å². The van der Waals surface area contributed by atoms with Gasteiger partial charge in [0.2, 0.25) is 0 Å². The second kappa shape index (κ2) is 3.62. The van der Waals surface area contributed by atoms with Crippen molar-refractivity contribution in [3.8, 4) is 0 Å². The standard InChI is InChI=1S/C11H15NS/c1-8(2)7-11-12-9-5-3-4-6-10(9)13-11/h3,5,8H,4,6-7H2,1-2H3. The van der Waals surface area contributed by atoms with Crippen LogP contribution >= 0.6 is 11.3 Å². The molecule has 2 heteroatoms. The highest BCUT2D eigenvalue weighted by Gasteiger charge is 2.11. The van der Waals surface area contributed by atoms with Crippen LogP contribution in [0.2, 0.25) is 0 Å². The Hall–Kier alpha value is -0.630. The summed E-state index contributed by atoms with van der Waals surface area (Å²) in [6.07, 6.45) is 7.91. The number of allylic oxidation sites excluding steroid dienone is 1. The molecule has 13 heavy (non-hydrogen) atoms. The zero-order chi connectivity index (χ0) is 9.26. The predicted molar refractivity (Wildman–Crippen MR) is 58.0 cm³/mol. The van der Waals surface area contributed by atoms with Crippen LogP contribution in [-0.2, 0) is 12.8 Å². The molecule has 1 aromatic rings. The van der Waals surface area contributed by atoms with Gasteiger partial charge in [-0.3, -0.25) is 0 Å². The maximum absolute atomic E-state index is 4.62. The lowest BCUT2D eigenvalue weighted by molar-refractivity contribution is 0.644. The zero-order valence-electron chi connectivity index (χ0n) is 8.21. The van der Waals surface area contributed by atoms with Crippen molar-refractivity contribution in [1.82, 2.24) is 4.98 Å². The Morgan fingerprint density at radius 3 is 3.08 bits per heavy atom. The minimum atomic E-state index is 0.719. The van der Waals surface area contributed by atoms with E-state index in [0.717, 1.165) is 12.3 Å². The topological polar surface area (TPSA) is 12.9 Å². The molecular weight excluding hydrogens is 178 g/mol. The van der Waals surface area contributed by atoms with E-state index < -0.39 is 0 Å². The van der Waals surface area contributed by atoms with Crippen molar-refractivity contribution in [3.05, 3.63) is 21.7 Å².